The molecule has 1 saturated heterocycles. The van der Waals surface area contributed by atoms with Crippen LogP contribution in [0.25, 0.3) is 5.69 Å². The van der Waals surface area contributed by atoms with Crippen molar-refractivity contribution in [1.82, 2.24) is 15.2 Å². The highest BCUT2D eigenvalue weighted by Crippen LogP contribution is 2.18. The fourth-order valence-electron chi connectivity index (χ4n) is 3.43. The number of ether oxygens (including phenoxy) is 1. The minimum absolute atomic E-state index is 0.0945. The largest absolute Gasteiger partial charge is 0.378 e. The van der Waals surface area contributed by atoms with Crippen molar-refractivity contribution in [2.45, 2.75) is 38.8 Å². The zero-order chi connectivity index (χ0) is 19.6. The fraction of sp³-hybridized carbons (Fsp3) is 0.429. The van der Waals surface area contributed by atoms with E-state index in [2.05, 4.69) is 24.5 Å². The van der Waals surface area contributed by atoms with Crippen LogP contribution < -0.4 is 16.2 Å². The summed E-state index contributed by atoms with van der Waals surface area (Å²) < 4.78 is 6.93. The molecule has 1 amide bonds. The van der Waals surface area contributed by atoms with Crippen LogP contribution in [-0.4, -0.2) is 42.8 Å². The number of pyridine rings is 1. The van der Waals surface area contributed by atoms with E-state index < -0.39 is 0 Å². The predicted octanol–water partition coefficient (Wildman–Crippen LogP) is 1.99. The average molecular weight is 369 g/mol. The molecule has 0 aliphatic carbocycles. The number of aryl methyl sites for hydroxylation is 1. The van der Waals surface area contributed by atoms with Crippen molar-refractivity contribution in [3.05, 3.63) is 63.6 Å². The lowest BCUT2D eigenvalue weighted by molar-refractivity contribution is 0.0778. The van der Waals surface area contributed by atoms with Crippen molar-refractivity contribution >= 4 is 5.91 Å². The third-order valence-corrected chi connectivity index (χ3v) is 5.12. The normalized spacial score (nSPS) is 19.4. The maximum absolute atomic E-state index is 13.1. The molecule has 2 heterocycles. The Bertz CT molecular complexity index is 888. The molecule has 0 spiro atoms. The quantitative estimate of drug-likeness (QED) is 0.845. The first kappa shape index (κ1) is 19.3. The molecule has 1 aromatic heterocycles. The number of hydrogen-bond acceptors (Lipinski definition) is 4. The smallest absolute Gasteiger partial charge is 0.268 e. The molecule has 0 bridgehead atoms. The van der Waals surface area contributed by atoms with Gasteiger partial charge in [0.1, 0.15) is 5.56 Å². The molecule has 27 heavy (non-hydrogen) atoms. The van der Waals surface area contributed by atoms with E-state index in [1.54, 1.807) is 26.3 Å². The third-order valence-electron chi connectivity index (χ3n) is 5.12. The number of methoxy groups -OCH3 is 1. The van der Waals surface area contributed by atoms with Gasteiger partial charge in [0.15, 0.2) is 0 Å². The maximum Gasteiger partial charge on any atom is 0.268 e. The van der Waals surface area contributed by atoms with E-state index in [4.69, 9.17) is 4.74 Å². The predicted molar refractivity (Wildman–Crippen MR) is 106 cm³/mol. The molecule has 2 aromatic rings. The molecule has 1 aliphatic heterocycles. The molecule has 3 rings (SSSR count). The van der Waals surface area contributed by atoms with E-state index in [0.29, 0.717) is 24.6 Å². The molecule has 2 atom stereocenters. The Balaban J connectivity index is 1.95. The molecule has 1 aliphatic rings. The van der Waals surface area contributed by atoms with Crippen LogP contribution in [0.2, 0.25) is 0 Å². The Labute approximate surface area is 159 Å². The van der Waals surface area contributed by atoms with Crippen molar-refractivity contribution in [2.75, 3.05) is 20.2 Å². The summed E-state index contributed by atoms with van der Waals surface area (Å²) >= 11 is 0. The summed E-state index contributed by atoms with van der Waals surface area (Å²) in [7, 11) is 1.62. The summed E-state index contributed by atoms with van der Waals surface area (Å²) in [6, 6.07) is 9.50. The molecule has 0 radical (unpaired) electrons. The number of carbonyl (C=O) groups is 1. The van der Waals surface area contributed by atoms with Crippen LogP contribution >= 0.6 is 0 Å². The molecule has 144 valence electrons. The number of amides is 1. The van der Waals surface area contributed by atoms with Crippen molar-refractivity contribution in [1.29, 1.82) is 0 Å². The number of rotatable bonds is 5. The summed E-state index contributed by atoms with van der Waals surface area (Å²) in [5, 5.41) is 6.14. The number of nitrogens with one attached hydrogen (secondary N) is 2. The van der Waals surface area contributed by atoms with Crippen molar-refractivity contribution in [3.63, 3.8) is 0 Å². The van der Waals surface area contributed by atoms with E-state index in [1.165, 1.54) is 4.57 Å². The average Bonchev–Trinajstić information content (AvgIpc) is 3.09. The highest BCUT2D eigenvalue weighted by Gasteiger charge is 2.29. The highest BCUT2D eigenvalue weighted by molar-refractivity contribution is 5.95. The van der Waals surface area contributed by atoms with Crippen LogP contribution in [0.5, 0.6) is 0 Å². The Morgan fingerprint density at radius 1 is 1.30 bits per heavy atom. The van der Waals surface area contributed by atoms with E-state index >= 15 is 0 Å². The minimum Gasteiger partial charge on any atom is -0.378 e. The Kier molecular flexibility index (Phi) is 5.77. The Hall–Kier alpha value is -2.44. The van der Waals surface area contributed by atoms with Crippen molar-refractivity contribution < 1.29 is 9.53 Å². The molecule has 6 heteroatoms. The van der Waals surface area contributed by atoms with Crippen LogP contribution in [0.4, 0.5) is 0 Å². The maximum atomic E-state index is 13.1. The lowest BCUT2D eigenvalue weighted by Crippen LogP contribution is -2.45. The first-order chi connectivity index (χ1) is 12.9. The molecular formula is C21H27N3O3. The van der Waals surface area contributed by atoms with Crippen LogP contribution in [0.15, 0.2) is 41.3 Å². The summed E-state index contributed by atoms with van der Waals surface area (Å²) in [5.41, 5.74) is 2.43. The molecule has 6 nitrogen and oxygen atoms in total. The number of nitrogens with zero attached hydrogens (tertiary/aromatic N) is 1. The zero-order valence-corrected chi connectivity index (χ0v) is 16.3. The van der Waals surface area contributed by atoms with Gasteiger partial charge in [-0.05, 0) is 42.2 Å². The van der Waals surface area contributed by atoms with Gasteiger partial charge in [-0.3, -0.25) is 14.2 Å². The summed E-state index contributed by atoms with van der Waals surface area (Å²) in [4.78, 5) is 25.9. The van der Waals surface area contributed by atoms with Crippen molar-refractivity contribution in [3.8, 4) is 5.69 Å². The number of aromatic nitrogens is 1. The van der Waals surface area contributed by atoms with Gasteiger partial charge in [-0.1, -0.05) is 26.0 Å². The molecule has 0 unspecified atom stereocenters. The highest BCUT2D eigenvalue weighted by atomic mass is 16.5. The molecule has 0 saturated carbocycles. The van der Waals surface area contributed by atoms with Gasteiger partial charge in [-0.2, -0.15) is 0 Å². The van der Waals surface area contributed by atoms with Gasteiger partial charge < -0.3 is 15.4 Å². The fourth-order valence-corrected chi connectivity index (χ4v) is 3.43. The van der Waals surface area contributed by atoms with E-state index in [0.717, 1.165) is 11.3 Å². The summed E-state index contributed by atoms with van der Waals surface area (Å²) in [5.74, 6) is -0.00247. The first-order valence-electron chi connectivity index (χ1n) is 9.29. The van der Waals surface area contributed by atoms with Crippen LogP contribution in [0.1, 0.15) is 41.3 Å². The van der Waals surface area contributed by atoms with Gasteiger partial charge in [0.2, 0.25) is 0 Å². The number of benzene rings is 1. The van der Waals surface area contributed by atoms with E-state index in [9.17, 15) is 9.59 Å². The standard InChI is InChI=1S/C21H27N3O3/c1-13(2)15-6-5-7-16(10-15)24-9-8-14(3)19(21(24)26)20(25)23-17-11-22-12-18(17)27-4/h5-10,13,17-18,22H,11-12H2,1-4H3,(H,23,25)/t17-,18-/m0/s1. The lowest BCUT2D eigenvalue weighted by atomic mass is 10.0. The first-order valence-corrected chi connectivity index (χ1v) is 9.29. The monoisotopic (exact) mass is 369 g/mol. The molecular weight excluding hydrogens is 342 g/mol. The molecule has 2 N–H and O–H groups in total. The summed E-state index contributed by atoms with van der Waals surface area (Å²) in [6.07, 6.45) is 1.63. The Morgan fingerprint density at radius 3 is 2.78 bits per heavy atom. The van der Waals surface area contributed by atoms with Crippen LogP contribution in [-0.2, 0) is 4.74 Å². The SMILES string of the molecule is CO[C@H]1CNC[C@@H]1NC(=O)c1c(C)ccn(-c2cccc(C(C)C)c2)c1=O. The van der Waals surface area contributed by atoms with E-state index in [1.807, 2.05) is 24.3 Å². The number of carbonyl (C=O) groups excluding carboxylic acids is 1. The van der Waals surface area contributed by atoms with Gasteiger partial charge in [0, 0.05) is 32.1 Å². The number of hydrogen-bond donors (Lipinski definition) is 2. The van der Waals surface area contributed by atoms with E-state index in [-0.39, 0.29) is 29.2 Å². The van der Waals surface area contributed by atoms with Gasteiger partial charge in [-0.25, -0.2) is 0 Å². The second-order valence-electron chi connectivity index (χ2n) is 7.31. The van der Waals surface area contributed by atoms with Gasteiger partial charge in [-0.15, -0.1) is 0 Å². The topological polar surface area (TPSA) is 72.4 Å². The van der Waals surface area contributed by atoms with Crippen molar-refractivity contribution in [2.24, 2.45) is 0 Å². The van der Waals surface area contributed by atoms with Gasteiger partial charge in [0.25, 0.3) is 11.5 Å². The van der Waals surface area contributed by atoms with Gasteiger partial charge >= 0.3 is 0 Å². The summed E-state index contributed by atoms with van der Waals surface area (Å²) in [6.45, 7) is 7.31. The zero-order valence-electron chi connectivity index (χ0n) is 16.3. The molecule has 1 aromatic carbocycles. The molecule has 1 fully saturated rings. The minimum atomic E-state index is -0.359. The lowest BCUT2D eigenvalue weighted by Gasteiger charge is -2.19. The second-order valence-corrected chi connectivity index (χ2v) is 7.31. The van der Waals surface area contributed by atoms with Crippen LogP contribution in [0.3, 0.4) is 0 Å². The van der Waals surface area contributed by atoms with Gasteiger partial charge in [0.05, 0.1) is 12.1 Å². The second kappa shape index (κ2) is 8.06. The third kappa shape index (κ3) is 3.96. The Morgan fingerprint density at radius 2 is 2.07 bits per heavy atom. The van der Waals surface area contributed by atoms with Crippen LogP contribution in [0, 0.1) is 6.92 Å².